The number of ether oxygens (including phenoxy) is 1. The molecule has 1 rings (SSSR count). The average molecular weight is 187 g/mol. The van der Waals surface area contributed by atoms with Crippen LogP contribution in [0.2, 0.25) is 0 Å². The highest BCUT2D eigenvalue weighted by atomic mass is 16.5. The molecular formula is C9H17NO3. The van der Waals surface area contributed by atoms with Crippen molar-refractivity contribution in [2.45, 2.75) is 38.3 Å². The Morgan fingerprint density at radius 2 is 2.54 bits per heavy atom. The van der Waals surface area contributed by atoms with E-state index in [4.69, 9.17) is 9.84 Å². The molecule has 0 spiro atoms. The van der Waals surface area contributed by atoms with Crippen molar-refractivity contribution in [2.24, 2.45) is 0 Å². The van der Waals surface area contributed by atoms with Crippen LogP contribution in [0.1, 0.15) is 26.2 Å². The first-order chi connectivity index (χ1) is 6.24. The van der Waals surface area contributed by atoms with Gasteiger partial charge in [-0.2, -0.15) is 0 Å². The maximum Gasteiger partial charge on any atom is 0.320 e. The number of nitrogens with one attached hydrogen (secondary N) is 1. The standard InChI is InChI=1S/C9H17NO3/c1-2-3-8(9(11)12)10-7-4-5-13-6-7/h7-8,10H,2-6H2,1H3,(H,11,12). The lowest BCUT2D eigenvalue weighted by molar-refractivity contribution is -0.139. The Kier molecular flexibility index (Phi) is 4.18. The first-order valence-corrected chi connectivity index (χ1v) is 4.80. The molecule has 0 aromatic rings. The van der Waals surface area contributed by atoms with Crippen LogP contribution in [0.5, 0.6) is 0 Å². The van der Waals surface area contributed by atoms with Crippen molar-refractivity contribution in [3.05, 3.63) is 0 Å². The van der Waals surface area contributed by atoms with E-state index in [-0.39, 0.29) is 6.04 Å². The van der Waals surface area contributed by atoms with Gasteiger partial charge in [-0.1, -0.05) is 13.3 Å². The lowest BCUT2D eigenvalue weighted by atomic mass is 10.1. The quantitative estimate of drug-likeness (QED) is 0.662. The van der Waals surface area contributed by atoms with E-state index in [1.165, 1.54) is 0 Å². The van der Waals surface area contributed by atoms with Gasteiger partial charge in [-0.05, 0) is 12.8 Å². The van der Waals surface area contributed by atoms with Gasteiger partial charge in [-0.25, -0.2) is 0 Å². The lowest BCUT2D eigenvalue weighted by Crippen LogP contribution is -2.43. The fourth-order valence-electron chi connectivity index (χ4n) is 1.52. The van der Waals surface area contributed by atoms with Crippen molar-refractivity contribution in [1.82, 2.24) is 5.32 Å². The van der Waals surface area contributed by atoms with Crippen molar-refractivity contribution in [2.75, 3.05) is 13.2 Å². The minimum atomic E-state index is -0.756. The molecule has 1 fully saturated rings. The monoisotopic (exact) mass is 187 g/mol. The summed E-state index contributed by atoms with van der Waals surface area (Å²) in [6.45, 7) is 3.38. The van der Waals surface area contributed by atoms with Crippen molar-refractivity contribution in [3.63, 3.8) is 0 Å². The average Bonchev–Trinajstić information content (AvgIpc) is 2.56. The van der Waals surface area contributed by atoms with E-state index in [1.54, 1.807) is 0 Å². The van der Waals surface area contributed by atoms with Crippen molar-refractivity contribution in [1.29, 1.82) is 0 Å². The van der Waals surface area contributed by atoms with Crippen LogP contribution in [-0.4, -0.2) is 36.4 Å². The highest BCUT2D eigenvalue weighted by molar-refractivity contribution is 5.73. The maximum absolute atomic E-state index is 10.8. The van der Waals surface area contributed by atoms with E-state index >= 15 is 0 Å². The second kappa shape index (κ2) is 5.19. The van der Waals surface area contributed by atoms with Gasteiger partial charge in [-0.15, -0.1) is 0 Å². The molecule has 1 heterocycles. The van der Waals surface area contributed by atoms with Crippen LogP contribution in [0.4, 0.5) is 0 Å². The molecule has 1 aliphatic heterocycles. The number of hydrogen-bond acceptors (Lipinski definition) is 3. The molecule has 4 heteroatoms. The fourth-order valence-corrected chi connectivity index (χ4v) is 1.52. The number of carboxylic acid groups (broad SMARTS) is 1. The van der Waals surface area contributed by atoms with Gasteiger partial charge in [0.25, 0.3) is 0 Å². The topological polar surface area (TPSA) is 58.6 Å². The molecular weight excluding hydrogens is 170 g/mol. The van der Waals surface area contributed by atoms with Crippen LogP contribution in [0.15, 0.2) is 0 Å². The minimum Gasteiger partial charge on any atom is -0.480 e. The van der Waals surface area contributed by atoms with Gasteiger partial charge in [-0.3, -0.25) is 10.1 Å². The fraction of sp³-hybridized carbons (Fsp3) is 0.889. The van der Waals surface area contributed by atoms with Crippen LogP contribution in [0, 0.1) is 0 Å². The zero-order chi connectivity index (χ0) is 9.68. The molecule has 0 amide bonds. The summed E-state index contributed by atoms with van der Waals surface area (Å²) < 4.78 is 5.16. The summed E-state index contributed by atoms with van der Waals surface area (Å²) in [7, 11) is 0. The van der Waals surface area contributed by atoms with Crippen molar-refractivity contribution in [3.8, 4) is 0 Å². The van der Waals surface area contributed by atoms with Gasteiger partial charge >= 0.3 is 5.97 Å². The molecule has 2 unspecified atom stereocenters. The second-order valence-electron chi connectivity index (χ2n) is 3.41. The molecule has 1 saturated heterocycles. The van der Waals surface area contributed by atoms with Gasteiger partial charge in [0.2, 0.25) is 0 Å². The molecule has 0 aromatic carbocycles. The Morgan fingerprint density at radius 1 is 1.77 bits per heavy atom. The molecule has 2 atom stereocenters. The Bertz CT molecular complexity index is 166. The summed E-state index contributed by atoms with van der Waals surface area (Å²) in [5.41, 5.74) is 0. The van der Waals surface area contributed by atoms with E-state index in [9.17, 15) is 4.79 Å². The minimum absolute atomic E-state index is 0.229. The zero-order valence-corrected chi connectivity index (χ0v) is 7.95. The summed E-state index contributed by atoms with van der Waals surface area (Å²) in [6, 6.07) is -0.177. The van der Waals surface area contributed by atoms with Crippen LogP contribution in [0.25, 0.3) is 0 Å². The Balaban J connectivity index is 2.32. The maximum atomic E-state index is 10.8. The largest absolute Gasteiger partial charge is 0.480 e. The first-order valence-electron chi connectivity index (χ1n) is 4.80. The second-order valence-corrected chi connectivity index (χ2v) is 3.41. The summed E-state index contributed by atoms with van der Waals surface area (Å²) >= 11 is 0. The van der Waals surface area contributed by atoms with Crippen LogP contribution >= 0.6 is 0 Å². The van der Waals surface area contributed by atoms with E-state index < -0.39 is 12.0 Å². The summed E-state index contributed by atoms with van der Waals surface area (Å²) in [5, 5.41) is 12.0. The molecule has 0 aliphatic carbocycles. The van der Waals surface area contributed by atoms with Gasteiger partial charge in [0, 0.05) is 12.6 Å². The third-order valence-electron chi connectivity index (χ3n) is 2.24. The summed E-state index contributed by atoms with van der Waals surface area (Å²) in [6.07, 6.45) is 2.50. The number of hydrogen-bond donors (Lipinski definition) is 2. The first kappa shape index (κ1) is 10.5. The van der Waals surface area contributed by atoms with Gasteiger partial charge in [0.05, 0.1) is 6.61 Å². The molecule has 0 aromatic heterocycles. The molecule has 13 heavy (non-hydrogen) atoms. The van der Waals surface area contributed by atoms with E-state index in [2.05, 4.69) is 5.32 Å². The van der Waals surface area contributed by atoms with E-state index in [0.29, 0.717) is 13.0 Å². The van der Waals surface area contributed by atoms with Crippen LogP contribution in [0.3, 0.4) is 0 Å². The SMILES string of the molecule is CCCC(NC1CCOC1)C(=O)O. The van der Waals surface area contributed by atoms with Crippen LogP contribution in [-0.2, 0) is 9.53 Å². The molecule has 2 N–H and O–H groups in total. The van der Waals surface area contributed by atoms with E-state index in [0.717, 1.165) is 19.4 Å². The molecule has 0 radical (unpaired) electrons. The van der Waals surface area contributed by atoms with Crippen molar-refractivity contribution < 1.29 is 14.6 Å². The van der Waals surface area contributed by atoms with Crippen LogP contribution < -0.4 is 5.32 Å². The van der Waals surface area contributed by atoms with Gasteiger partial charge < -0.3 is 9.84 Å². The number of aliphatic carboxylic acids is 1. The summed E-state index contributed by atoms with van der Waals surface area (Å²) in [4.78, 5) is 10.8. The zero-order valence-electron chi connectivity index (χ0n) is 7.95. The Morgan fingerprint density at radius 3 is 3.00 bits per heavy atom. The highest BCUT2D eigenvalue weighted by Gasteiger charge is 2.23. The molecule has 0 saturated carbocycles. The van der Waals surface area contributed by atoms with Gasteiger partial charge in [0.1, 0.15) is 6.04 Å². The number of carboxylic acids is 1. The third-order valence-corrected chi connectivity index (χ3v) is 2.24. The van der Waals surface area contributed by atoms with Crippen molar-refractivity contribution >= 4 is 5.97 Å². The predicted octanol–water partition coefficient (Wildman–Crippen LogP) is 0.618. The number of carbonyl (C=O) groups is 1. The molecule has 4 nitrogen and oxygen atoms in total. The van der Waals surface area contributed by atoms with Gasteiger partial charge in [0.15, 0.2) is 0 Å². The molecule has 76 valence electrons. The smallest absolute Gasteiger partial charge is 0.320 e. The van der Waals surface area contributed by atoms with E-state index in [1.807, 2.05) is 6.92 Å². The lowest BCUT2D eigenvalue weighted by Gasteiger charge is -2.17. The summed E-state index contributed by atoms with van der Waals surface area (Å²) in [5.74, 6) is -0.756. The Hall–Kier alpha value is -0.610. The molecule has 0 bridgehead atoms. The molecule has 1 aliphatic rings. The predicted molar refractivity (Wildman–Crippen MR) is 48.7 cm³/mol. The Labute approximate surface area is 78.3 Å². The highest BCUT2D eigenvalue weighted by Crippen LogP contribution is 2.06. The normalized spacial score (nSPS) is 24.5. The number of rotatable bonds is 5. The third kappa shape index (κ3) is 3.32.